The Kier molecular flexibility index (Phi) is 6.09. The van der Waals surface area contributed by atoms with Crippen molar-refractivity contribution >= 4 is 15.9 Å². The Balaban J connectivity index is 2.91. The van der Waals surface area contributed by atoms with E-state index < -0.39 is 11.9 Å². The van der Waals surface area contributed by atoms with E-state index in [1.165, 1.54) is 6.07 Å². The molecule has 17 heavy (non-hydrogen) atoms. The van der Waals surface area contributed by atoms with E-state index >= 15 is 0 Å². The van der Waals surface area contributed by atoms with E-state index in [1.54, 1.807) is 12.1 Å². The fraction of sp³-hybridized carbons (Fsp3) is 0.538. The third-order valence-corrected chi connectivity index (χ3v) is 3.08. The molecule has 2 nitrogen and oxygen atoms in total. The summed E-state index contributed by atoms with van der Waals surface area (Å²) in [5, 5.41) is 10.2. The minimum absolute atomic E-state index is 0.284. The van der Waals surface area contributed by atoms with Crippen molar-refractivity contribution < 1.29 is 14.2 Å². The summed E-state index contributed by atoms with van der Waals surface area (Å²) in [6.07, 6.45) is 0.319. The Morgan fingerprint density at radius 1 is 1.41 bits per heavy atom. The highest BCUT2D eigenvalue weighted by Gasteiger charge is 2.23. The molecule has 0 aromatic heterocycles. The van der Waals surface area contributed by atoms with Gasteiger partial charge in [-0.2, -0.15) is 0 Å². The van der Waals surface area contributed by atoms with Crippen LogP contribution in [-0.4, -0.2) is 17.8 Å². The molecule has 1 rings (SSSR count). The van der Waals surface area contributed by atoms with Gasteiger partial charge in [-0.05, 0) is 31.5 Å². The summed E-state index contributed by atoms with van der Waals surface area (Å²) in [7, 11) is 0. The highest BCUT2D eigenvalue weighted by molar-refractivity contribution is 9.10. The van der Waals surface area contributed by atoms with Gasteiger partial charge >= 0.3 is 0 Å². The molecule has 0 aliphatic heterocycles. The lowest BCUT2D eigenvalue weighted by Crippen LogP contribution is -2.23. The first-order valence-electron chi connectivity index (χ1n) is 5.84. The van der Waals surface area contributed by atoms with Crippen LogP contribution < -0.4 is 0 Å². The lowest BCUT2D eigenvalue weighted by Gasteiger charge is -2.23. The molecular formula is C13H18BrFO2. The van der Waals surface area contributed by atoms with E-state index in [2.05, 4.69) is 15.9 Å². The number of rotatable bonds is 6. The van der Waals surface area contributed by atoms with Crippen LogP contribution in [0.1, 0.15) is 38.4 Å². The van der Waals surface area contributed by atoms with Crippen molar-refractivity contribution in [1.82, 2.24) is 0 Å². The van der Waals surface area contributed by atoms with Gasteiger partial charge in [0.1, 0.15) is 11.9 Å². The lowest BCUT2D eigenvalue weighted by molar-refractivity contribution is -0.0398. The lowest BCUT2D eigenvalue weighted by atomic mass is 10.0. The predicted molar refractivity (Wildman–Crippen MR) is 69.4 cm³/mol. The number of benzene rings is 1. The number of aliphatic hydroxyl groups excluding tert-OH is 1. The molecule has 0 saturated heterocycles. The van der Waals surface area contributed by atoms with E-state index in [-0.39, 0.29) is 11.7 Å². The minimum Gasteiger partial charge on any atom is -0.386 e. The first kappa shape index (κ1) is 14.6. The summed E-state index contributed by atoms with van der Waals surface area (Å²) in [5.41, 5.74) is 0.284. The van der Waals surface area contributed by atoms with Crippen molar-refractivity contribution in [2.45, 2.75) is 38.9 Å². The highest BCUT2D eigenvalue weighted by Crippen LogP contribution is 2.27. The average Bonchev–Trinajstić information content (AvgIpc) is 2.31. The van der Waals surface area contributed by atoms with Gasteiger partial charge in [0, 0.05) is 16.6 Å². The molecule has 1 aromatic rings. The molecule has 0 aliphatic carbocycles. The second kappa shape index (κ2) is 7.09. The van der Waals surface area contributed by atoms with E-state index in [0.717, 1.165) is 10.9 Å². The van der Waals surface area contributed by atoms with Crippen molar-refractivity contribution in [3.8, 4) is 0 Å². The number of halogens is 2. The SMILES string of the molecule is CCCC(OCC)C(O)c1cc(Br)ccc1F. The van der Waals surface area contributed by atoms with Gasteiger partial charge < -0.3 is 9.84 Å². The van der Waals surface area contributed by atoms with Gasteiger partial charge in [0.25, 0.3) is 0 Å². The molecule has 2 unspecified atom stereocenters. The average molecular weight is 305 g/mol. The molecule has 0 fully saturated rings. The Hall–Kier alpha value is -0.450. The molecule has 0 spiro atoms. The van der Waals surface area contributed by atoms with Gasteiger partial charge in [0.05, 0.1) is 6.10 Å². The van der Waals surface area contributed by atoms with Gasteiger partial charge in [0.2, 0.25) is 0 Å². The van der Waals surface area contributed by atoms with Crippen LogP contribution in [0.4, 0.5) is 4.39 Å². The standard InChI is InChI=1S/C13H18BrFO2/c1-3-5-12(17-4-2)13(16)10-8-9(14)6-7-11(10)15/h6-8,12-13,16H,3-5H2,1-2H3. The van der Waals surface area contributed by atoms with Crippen molar-refractivity contribution in [3.05, 3.63) is 34.1 Å². The Morgan fingerprint density at radius 3 is 2.71 bits per heavy atom. The van der Waals surface area contributed by atoms with E-state index in [4.69, 9.17) is 4.74 Å². The molecule has 0 saturated carbocycles. The first-order chi connectivity index (χ1) is 8.10. The number of hydrogen-bond acceptors (Lipinski definition) is 2. The second-order valence-corrected chi connectivity index (χ2v) is 4.81. The van der Waals surface area contributed by atoms with Crippen LogP contribution in [0.15, 0.2) is 22.7 Å². The smallest absolute Gasteiger partial charge is 0.129 e. The zero-order chi connectivity index (χ0) is 12.8. The zero-order valence-corrected chi connectivity index (χ0v) is 11.7. The van der Waals surface area contributed by atoms with Gasteiger partial charge in [0.15, 0.2) is 0 Å². The zero-order valence-electron chi connectivity index (χ0n) is 10.1. The Bertz CT molecular complexity index is 351. The predicted octanol–water partition coefficient (Wildman–Crippen LogP) is 3.83. The van der Waals surface area contributed by atoms with Crippen LogP contribution in [0.2, 0.25) is 0 Å². The van der Waals surface area contributed by atoms with Crippen molar-refractivity contribution in [2.75, 3.05) is 6.61 Å². The Morgan fingerprint density at radius 2 is 2.12 bits per heavy atom. The number of hydrogen-bond donors (Lipinski definition) is 1. The van der Waals surface area contributed by atoms with E-state index in [1.807, 2.05) is 13.8 Å². The first-order valence-corrected chi connectivity index (χ1v) is 6.64. The third-order valence-electron chi connectivity index (χ3n) is 2.58. The molecule has 0 amide bonds. The van der Waals surface area contributed by atoms with E-state index in [0.29, 0.717) is 13.0 Å². The molecular weight excluding hydrogens is 287 g/mol. The fourth-order valence-corrected chi connectivity index (χ4v) is 2.15. The van der Waals surface area contributed by atoms with Crippen LogP contribution in [0.5, 0.6) is 0 Å². The van der Waals surface area contributed by atoms with Crippen LogP contribution in [0.25, 0.3) is 0 Å². The van der Waals surface area contributed by atoms with Gasteiger partial charge in [-0.25, -0.2) is 4.39 Å². The molecule has 96 valence electrons. The molecule has 0 aliphatic rings. The van der Waals surface area contributed by atoms with E-state index in [9.17, 15) is 9.50 Å². The van der Waals surface area contributed by atoms with Gasteiger partial charge in [-0.1, -0.05) is 29.3 Å². The Labute approximate surface area is 110 Å². The summed E-state index contributed by atoms with van der Waals surface area (Å²) in [5.74, 6) is -0.401. The maximum absolute atomic E-state index is 13.6. The minimum atomic E-state index is -0.924. The molecule has 0 radical (unpaired) electrons. The number of aliphatic hydroxyl groups is 1. The quantitative estimate of drug-likeness (QED) is 0.865. The maximum Gasteiger partial charge on any atom is 0.129 e. The van der Waals surface area contributed by atoms with Crippen molar-refractivity contribution in [1.29, 1.82) is 0 Å². The van der Waals surface area contributed by atoms with Crippen molar-refractivity contribution in [3.63, 3.8) is 0 Å². The van der Waals surface area contributed by atoms with Gasteiger partial charge in [-0.3, -0.25) is 0 Å². The second-order valence-electron chi connectivity index (χ2n) is 3.89. The third kappa shape index (κ3) is 4.05. The largest absolute Gasteiger partial charge is 0.386 e. The monoisotopic (exact) mass is 304 g/mol. The maximum atomic E-state index is 13.6. The number of ether oxygens (including phenoxy) is 1. The fourth-order valence-electron chi connectivity index (χ4n) is 1.77. The summed E-state index contributed by atoms with van der Waals surface area (Å²) in [6, 6.07) is 4.56. The summed E-state index contributed by atoms with van der Waals surface area (Å²) < 4.78 is 19.8. The molecule has 4 heteroatoms. The van der Waals surface area contributed by atoms with Crippen LogP contribution in [-0.2, 0) is 4.74 Å². The molecule has 1 aromatic carbocycles. The van der Waals surface area contributed by atoms with Crippen LogP contribution in [0.3, 0.4) is 0 Å². The topological polar surface area (TPSA) is 29.5 Å². The molecule has 0 heterocycles. The van der Waals surface area contributed by atoms with Gasteiger partial charge in [-0.15, -0.1) is 0 Å². The summed E-state index contributed by atoms with van der Waals surface area (Å²) in [6.45, 7) is 4.39. The summed E-state index contributed by atoms with van der Waals surface area (Å²) in [4.78, 5) is 0. The highest BCUT2D eigenvalue weighted by atomic mass is 79.9. The van der Waals surface area contributed by atoms with Crippen molar-refractivity contribution in [2.24, 2.45) is 0 Å². The normalized spacial score (nSPS) is 14.6. The molecule has 1 N–H and O–H groups in total. The molecule has 2 atom stereocenters. The van der Waals surface area contributed by atoms with Crippen LogP contribution >= 0.6 is 15.9 Å². The molecule has 0 bridgehead atoms. The van der Waals surface area contributed by atoms with Crippen LogP contribution in [0, 0.1) is 5.82 Å². The summed E-state index contributed by atoms with van der Waals surface area (Å²) >= 11 is 3.27.